The zero-order chi connectivity index (χ0) is 18.7. The Hall–Kier alpha value is -0.670. The van der Waals surface area contributed by atoms with Crippen LogP contribution in [-0.2, 0) is 21.2 Å². The molecule has 2 bridgehead atoms. The van der Waals surface area contributed by atoms with Gasteiger partial charge >= 0.3 is 0 Å². The average molecular weight is 436 g/mol. The molecule has 6 nitrogen and oxygen atoms in total. The molecule has 0 radical (unpaired) electrons. The van der Waals surface area contributed by atoms with E-state index < -0.39 is 10.0 Å². The van der Waals surface area contributed by atoms with Crippen LogP contribution in [0.25, 0.3) is 0 Å². The van der Waals surface area contributed by atoms with Crippen molar-refractivity contribution >= 4 is 39.7 Å². The molecule has 2 aliphatic rings. The molecule has 2 N–H and O–H groups in total. The highest BCUT2D eigenvalue weighted by atomic mass is 35.5. The summed E-state index contributed by atoms with van der Waals surface area (Å²) >= 11 is 1.32. The molecule has 2 saturated heterocycles. The van der Waals surface area contributed by atoms with E-state index in [9.17, 15) is 13.2 Å². The van der Waals surface area contributed by atoms with Gasteiger partial charge in [0.15, 0.2) is 0 Å². The molecule has 2 atom stereocenters. The number of hydrogen-bond acceptors (Lipinski definition) is 5. The second-order valence-corrected chi connectivity index (χ2v) is 11.0. The third-order valence-electron chi connectivity index (χ3n) is 5.00. The van der Waals surface area contributed by atoms with E-state index in [1.54, 1.807) is 10.4 Å². The van der Waals surface area contributed by atoms with Crippen LogP contribution in [0.1, 0.15) is 44.4 Å². The first-order valence-electron chi connectivity index (χ1n) is 9.46. The van der Waals surface area contributed by atoms with Gasteiger partial charge in [0.25, 0.3) is 10.0 Å². The molecule has 2 fully saturated rings. The maximum atomic E-state index is 13.0. The summed E-state index contributed by atoms with van der Waals surface area (Å²) in [4.78, 5) is 12.7. The lowest BCUT2D eigenvalue weighted by Crippen LogP contribution is -2.38. The van der Waals surface area contributed by atoms with E-state index in [-0.39, 0.29) is 24.4 Å². The molecule has 0 spiro atoms. The molecule has 0 saturated carbocycles. The fraction of sp³-hybridized carbons (Fsp3) is 0.722. The van der Waals surface area contributed by atoms with E-state index in [1.165, 1.54) is 11.3 Å². The molecule has 9 heteroatoms. The summed E-state index contributed by atoms with van der Waals surface area (Å²) in [5, 5.41) is 6.42. The zero-order valence-corrected chi connectivity index (χ0v) is 18.4. The van der Waals surface area contributed by atoms with Gasteiger partial charge in [0.2, 0.25) is 5.91 Å². The molecule has 1 amide bonds. The van der Waals surface area contributed by atoms with Gasteiger partial charge in [-0.05, 0) is 43.7 Å². The van der Waals surface area contributed by atoms with Crippen LogP contribution in [0.15, 0.2) is 16.3 Å². The van der Waals surface area contributed by atoms with Crippen LogP contribution in [-0.4, -0.2) is 50.3 Å². The number of nitrogens with zero attached hydrogens (tertiary/aromatic N) is 1. The van der Waals surface area contributed by atoms with E-state index in [0.29, 0.717) is 48.6 Å². The summed E-state index contributed by atoms with van der Waals surface area (Å²) in [6.07, 6.45) is 4.29. The molecule has 0 aliphatic carbocycles. The fourth-order valence-electron chi connectivity index (χ4n) is 3.66. The molecular formula is C18H30ClN3O3S2. The highest BCUT2D eigenvalue weighted by molar-refractivity contribution is 7.91. The fourth-order valence-corrected chi connectivity index (χ4v) is 6.67. The van der Waals surface area contributed by atoms with E-state index in [4.69, 9.17) is 0 Å². The number of rotatable bonds is 7. The Morgan fingerprint density at radius 2 is 2.04 bits per heavy atom. The summed E-state index contributed by atoms with van der Waals surface area (Å²) in [5.74, 6) is 0.392. The average Bonchev–Trinajstić information content (AvgIpc) is 3.13. The predicted octanol–water partition coefficient (Wildman–Crippen LogP) is 2.39. The Balaban J connectivity index is 0.00000261. The lowest BCUT2D eigenvalue weighted by Gasteiger charge is -2.22. The van der Waals surface area contributed by atoms with Crippen LogP contribution in [0.2, 0.25) is 0 Å². The number of carbonyl (C=O) groups excluding carboxylic acids is 1. The number of carbonyl (C=O) groups is 1. The van der Waals surface area contributed by atoms with Gasteiger partial charge in [0.05, 0.1) is 0 Å². The van der Waals surface area contributed by atoms with Gasteiger partial charge in [-0.15, -0.1) is 23.7 Å². The molecule has 154 valence electrons. The molecule has 3 rings (SSSR count). The normalized spacial score (nSPS) is 23.1. The highest BCUT2D eigenvalue weighted by Gasteiger charge is 2.35. The van der Waals surface area contributed by atoms with Gasteiger partial charge in [-0.3, -0.25) is 4.79 Å². The van der Waals surface area contributed by atoms with Crippen molar-refractivity contribution in [3.05, 3.63) is 17.0 Å². The van der Waals surface area contributed by atoms with Gasteiger partial charge in [-0.2, -0.15) is 4.31 Å². The number of amides is 1. The smallest absolute Gasteiger partial charge is 0.252 e. The van der Waals surface area contributed by atoms with Crippen molar-refractivity contribution in [2.75, 3.05) is 19.6 Å². The van der Waals surface area contributed by atoms with Crippen molar-refractivity contribution in [3.8, 4) is 0 Å². The second-order valence-electron chi connectivity index (χ2n) is 7.71. The van der Waals surface area contributed by atoms with E-state index in [1.807, 2.05) is 19.9 Å². The number of sulfonamides is 1. The Bertz CT molecular complexity index is 736. The van der Waals surface area contributed by atoms with Gasteiger partial charge in [-0.25, -0.2) is 8.42 Å². The molecule has 1 aromatic rings. The first-order valence-corrected chi connectivity index (χ1v) is 11.7. The molecule has 2 aliphatic heterocycles. The summed E-state index contributed by atoms with van der Waals surface area (Å²) < 4.78 is 28.0. The quantitative estimate of drug-likeness (QED) is 0.689. The Kier molecular flexibility index (Phi) is 8.12. The third kappa shape index (κ3) is 5.90. The summed E-state index contributed by atoms with van der Waals surface area (Å²) in [5.41, 5.74) is 0. The van der Waals surface area contributed by atoms with E-state index in [2.05, 4.69) is 10.6 Å². The largest absolute Gasteiger partial charge is 0.356 e. The molecule has 0 aromatic carbocycles. The van der Waals surface area contributed by atoms with Crippen molar-refractivity contribution in [1.29, 1.82) is 0 Å². The number of nitrogens with one attached hydrogen (secondary N) is 2. The minimum atomic E-state index is -3.42. The summed E-state index contributed by atoms with van der Waals surface area (Å²) in [7, 11) is -3.42. The van der Waals surface area contributed by atoms with Crippen molar-refractivity contribution in [2.24, 2.45) is 5.92 Å². The first-order chi connectivity index (χ1) is 12.3. The highest BCUT2D eigenvalue weighted by Crippen LogP contribution is 2.29. The van der Waals surface area contributed by atoms with Crippen LogP contribution in [0.3, 0.4) is 0 Å². The topological polar surface area (TPSA) is 78.5 Å². The van der Waals surface area contributed by atoms with Crippen LogP contribution in [0.5, 0.6) is 0 Å². The van der Waals surface area contributed by atoms with Crippen molar-refractivity contribution in [3.63, 3.8) is 0 Å². The summed E-state index contributed by atoms with van der Waals surface area (Å²) in [6.45, 7) is 5.73. The number of hydrogen-bond donors (Lipinski definition) is 2. The molecule has 3 heterocycles. The molecule has 1 aromatic heterocycles. The minimum absolute atomic E-state index is 0. The molecule has 2 unspecified atom stereocenters. The number of thiophene rings is 1. The Labute approximate surface area is 172 Å². The van der Waals surface area contributed by atoms with Gasteiger partial charge in [0, 0.05) is 43.0 Å². The Morgan fingerprint density at radius 3 is 2.78 bits per heavy atom. The summed E-state index contributed by atoms with van der Waals surface area (Å²) in [6, 6.07) is 4.33. The number of halogens is 1. The first kappa shape index (κ1) is 22.6. The second kappa shape index (κ2) is 9.69. The minimum Gasteiger partial charge on any atom is -0.356 e. The van der Waals surface area contributed by atoms with E-state index in [0.717, 1.165) is 24.1 Å². The van der Waals surface area contributed by atoms with Crippen molar-refractivity contribution in [2.45, 2.75) is 62.2 Å². The third-order valence-corrected chi connectivity index (χ3v) is 8.48. The van der Waals surface area contributed by atoms with Crippen molar-refractivity contribution in [1.82, 2.24) is 14.9 Å². The van der Waals surface area contributed by atoms with Crippen LogP contribution in [0, 0.1) is 5.92 Å². The predicted molar refractivity (Wildman–Crippen MR) is 111 cm³/mol. The van der Waals surface area contributed by atoms with Crippen molar-refractivity contribution < 1.29 is 13.2 Å². The lowest BCUT2D eigenvalue weighted by molar-refractivity contribution is -0.121. The SMILES string of the molecule is CC(C)CC(=O)NCCc1ccc(S(=O)(=O)N2CCC3CCC(C2)N3)s1.Cl. The van der Waals surface area contributed by atoms with Gasteiger partial charge < -0.3 is 10.6 Å². The Morgan fingerprint density at radius 1 is 1.30 bits per heavy atom. The van der Waals surface area contributed by atoms with Gasteiger partial charge in [0.1, 0.15) is 4.21 Å². The van der Waals surface area contributed by atoms with Crippen LogP contribution in [0.4, 0.5) is 0 Å². The molecule has 27 heavy (non-hydrogen) atoms. The van der Waals surface area contributed by atoms with Crippen LogP contribution >= 0.6 is 23.7 Å². The standard InChI is InChI=1S/C18H29N3O3S2.ClH/c1-13(2)11-17(22)19-9-7-16-5-6-18(25-16)26(23,24)21-10-8-14-3-4-15(12-21)20-14;/h5-6,13-15,20H,3-4,7-12H2,1-2H3,(H,19,22);1H. The lowest BCUT2D eigenvalue weighted by atomic mass is 10.1. The molecular weight excluding hydrogens is 406 g/mol. The maximum absolute atomic E-state index is 13.0. The maximum Gasteiger partial charge on any atom is 0.252 e. The monoisotopic (exact) mass is 435 g/mol. The number of fused-ring (bicyclic) bond motifs is 2. The van der Waals surface area contributed by atoms with Gasteiger partial charge in [-0.1, -0.05) is 13.8 Å². The van der Waals surface area contributed by atoms with Crippen LogP contribution < -0.4 is 10.6 Å². The zero-order valence-electron chi connectivity index (χ0n) is 15.9. The van der Waals surface area contributed by atoms with E-state index >= 15 is 0 Å².